The summed E-state index contributed by atoms with van der Waals surface area (Å²) < 4.78 is 50.7. The van der Waals surface area contributed by atoms with Gasteiger partial charge in [0.25, 0.3) is 5.69 Å². The molecule has 3 rings (SSSR count). The van der Waals surface area contributed by atoms with Gasteiger partial charge >= 0.3 is 6.18 Å². The quantitative estimate of drug-likeness (QED) is 0.184. The van der Waals surface area contributed by atoms with E-state index in [4.69, 9.17) is 9.47 Å². The summed E-state index contributed by atoms with van der Waals surface area (Å²) in [5.41, 5.74) is 1.91. The fraction of sp³-hybridized carbons (Fsp3) is 0.174. The SMILES string of the molecule is CCOc1cc(/C=N\Nc2ccc(C(F)(F)F)cc2[N+](=O)[O-])c(Br)cc1OCc1ccccc1. The standard InChI is InChI=1S/C23H19BrF3N3O4/c1-2-33-21-10-16(18(24)12-22(21)34-14-15-6-4-3-5-7-15)13-28-29-19-9-8-17(23(25,26)27)11-20(19)30(31)32/h3-13,29H,2,14H2,1H3/b28-13-. The smallest absolute Gasteiger partial charge is 0.416 e. The van der Waals surface area contributed by atoms with Gasteiger partial charge in [0, 0.05) is 16.1 Å². The highest BCUT2D eigenvalue weighted by molar-refractivity contribution is 9.10. The van der Waals surface area contributed by atoms with Crippen molar-refractivity contribution in [3.8, 4) is 11.5 Å². The van der Waals surface area contributed by atoms with Crippen LogP contribution in [0.15, 0.2) is 70.2 Å². The van der Waals surface area contributed by atoms with Gasteiger partial charge in [-0.05, 0) is 52.7 Å². The largest absolute Gasteiger partial charge is 0.490 e. The molecular formula is C23H19BrF3N3O4. The molecule has 0 heterocycles. The van der Waals surface area contributed by atoms with E-state index < -0.39 is 22.4 Å². The first-order valence-electron chi connectivity index (χ1n) is 9.96. The third-order valence-electron chi connectivity index (χ3n) is 4.51. The van der Waals surface area contributed by atoms with Gasteiger partial charge in [-0.25, -0.2) is 0 Å². The maximum atomic E-state index is 12.9. The van der Waals surface area contributed by atoms with Crippen LogP contribution in [-0.4, -0.2) is 17.7 Å². The average molecular weight is 538 g/mol. The normalized spacial score (nSPS) is 11.4. The number of hydrazone groups is 1. The minimum atomic E-state index is -4.70. The number of alkyl halides is 3. The zero-order valence-corrected chi connectivity index (χ0v) is 19.4. The van der Waals surface area contributed by atoms with Crippen LogP contribution in [0.4, 0.5) is 24.5 Å². The Bertz CT molecular complexity index is 1190. The maximum absolute atomic E-state index is 12.9. The zero-order valence-electron chi connectivity index (χ0n) is 17.8. The fourth-order valence-corrected chi connectivity index (χ4v) is 3.32. The number of nitrogens with zero attached hydrogens (tertiary/aromatic N) is 2. The van der Waals surface area contributed by atoms with E-state index >= 15 is 0 Å². The molecule has 178 valence electrons. The van der Waals surface area contributed by atoms with Crippen LogP contribution < -0.4 is 14.9 Å². The highest BCUT2D eigenvalue weighted by Gasteiger charge is 2.33. The van der Waals surface area contributed by atoms with Crippen LogP contribution in [0.2, 0.25) is 0 Å². The van der Waals surface area contributed by atoms with Crippen molar-refractivity contribution < 1.29 is 27.6 Å². The summed E-state index contributed by atoms with van der Waals surface area (Å²) >= 11 is 3.43. The molecule has 3 aromatic carbocycles. The highest BCUT2D eigenvalue weighted by atomic mass is 79.9. The number of halogens is 4. The van der Waals surface area contributed by atoms with Crippen LogP contribution in [0.25, 0.3) is 0 Å². The number of hydrogen-bond donors (Lipinski definition) is 1. The second-order valence-corrected chi connectivity index (χ2v) is 7.74. The van der Waals surface area contributed by atoms with Gasteiger partial charge in [0.05, 0.1) is 23.3 Å². The number of ether oxygens (including phenoxy) is 2. The number of nitro groups is 1. The Hall–Kier alpha value is -3.60. The average Bonchev–Trinajstić information content (AvgIpc) is 2.80. The highest BCUT2D eigenvalue weighted by Crippen LogP contribution is 2.36. The summed E-state index contributed by atoms with van der Waals surface area (Å²) in [7, 11) is 0. The van der Waals surface area contributed by atoms with Crippen molar-refractivity contribution >= 4 is 33.5 Å². The first-order valence-corrected chi connectivity index (χ1v) is 10.8. The van der Waals surface area contributed by atoms with Crippen LogP contribution in [0, 0.1) is 10.1 Å². The summed E-state index contributed by atoms with van der Waals surface area (Å²) in [5, 5.41) is 15.2. The van der Waals surface area contributed by atoms with E-state index in [0.29, 0.717) is 40.8 Å². The summed E-state index contributed by atoms with van der Waals surface area (Å²) in [6.07, 6.45) is -3.34. The van der Waals surface area contributed by atoms with Crippen molar-refractivity contribution in [1.29, 1.82) is 0 Å². The van der Waals surface area contributed by atoms with Gasteiger partial charge in [0.15, 0.2) is 11.5 Å². The molecule has 0 saturated carbocycles. The molecule has 1 N–H and O–H groups in total. The van der Waals surface area contributed by atoms with Gasteiger partial charge in [-0.3, -0.25) is 15.5 Å². The molecule has 0 fully saturated rings. The number of rotatable bonds is 9. The Morgan fingerprint density at radius 3 is 2.44 bits per heavy atom. The molecule has 0 saturated heterocycles. The van der Waals surface area contributed by atoms with Crippen LogP contribution in [0.5, 0.6) is 11.5 Å². The van der Waals surface area contributed by atoms with Crippen LogP contribution in [0.3, 0.4) is 0 Å². The molecule has 0 bridgehead atoms. The molecule has 0 unspecified atom stereocenters. The van der Waals surface area contributed by atoms with E-state index in [-0.39, 0.29) is 5.69 Å². The van der Waals surface area contributed by atoms with Crippen molar-refractivity contribution in [2.45, 2.75) is 19.7 Å². The second kappa shape index (κ2) is 11.0. The summed E-state index contributed by atoms with van der Waals surface area (Å²) in [6, 6.07) is 15.1. The predicted octanol–water partition coefficient (Wildman–Crippen LogP) is 6.80. The molecule has 0 aliphatic rings. The van der Waals surface area contributed by atoms with E-state index in [1.807, 2.05) is 37.3 Å². The lowest BCUT2D eigenvalue weighted by Crippen LogP contribution is -2.06. The Morgan fingerprint density at radius 2 is 1.79 bits per heavy atom. The minimum absolute atomic E-state index is 0.182. The van der Waals surface area contributed by atoms with Crippen molar-refractivity contribution in [3.63, 3.8) is 0 Å². The Kier molecular flexibility index (Phi) is 8.11. The Labute approximate surface area is 201 Å². The fourth-order valence-electron chi connectivity index (χ4n) is 2.89. The monoisotopic (exact) mass is 537 g/mol. The lowest BCUT2D eigenvalue weighted by molar-refractivity contribution is -0.384. The van der Waals surface area contributed by atoms with Gasteiger partial charge in [-0.2, -0.15) is 18.3 Å². The molecule has 0 spiro atoms. The van der Waals surface area contributed by atoms with Crippen LogP contribution in [0.1, 0.15) is 23.6 Å². The number of nitrogens with one attached hydrogen (secondary N) is 1. The van der Waals surface area contributed by atoms with Crippen molar-refractivity contribution in [2.75, 3.05) is 12.0 Å². The van der Waals surface area contributed by atoms with E-state index in [9.17, 15) is 23.3 Å². The Balaban J connectivity index is 1.80. The van der Waals surface area contributed by atoms with Crippen molar-refractivity contribution in [1.82, 2.24) is 0 Å². The number of anilines is 1. The van der Waals surface area contributed by atoms with Gasteiger partial charge < -0.3 is 9.47 Å². The van der Waals surface area contributed by atoms with Crippen molar-refractivity contribution in [2.24, 2.45) is 5.10 Å². The molecule has 34 heavy (non-hydrogen) atoms. The molecule has 7 nitrogen and oxygen atoms in total. The van der Waals surface area contributed by atoms with E-state index in [1.54, 1.807) is 12.1 Å². The maximum Gasteiger partial charge on any atom is 0.416 e. The minimum Gasteiger partial charge on any atom is -0.490 e. The van der Waals surface area contributed by atoms with Gasteiger partial charge in [-0.15, -0.1) is 0 Å². The lowest BCUT2D eigenvalue weighted by atomic mass is 10.1. The first kappa shape index (κ1) is 25.0. The Morgan fingerprint density at radius 1 is 1.09 bits per heavy atom. The third kappa shape index (κ3) is 6.47. The summed E-state index contributed by atoms with van der Waals surface area (Å²) in [5.74, 6) is 0.963. The molecule has 11 heteroatoms. The van der Waals surface area contributed by atoms with Gasteiger partial charge in [0.1, 0.15) is 12.3 Å². The lowest BCUT2D eigenvalue weighted by Gasteiger charge is -2.14. The van der Waals surface area contributed by atoms with E-state index in [2.05, 4.69) is 26.5 Å². The third-order valence-corrected chi connectivity index (χ3v) is 5.20. The van der Waals surface area contributed by atoms with Crippen LogP contribution in [-0.2, 0) is 12.8 Å². The van der Waals surface area contributed by atoms with Crippen molar-refractivity contribution in [3.05, 3.63) is 91.9 Å². The number of hydrogen-bond acceptors (Lipinski definition) is 6. The first-order chi connectivity index (χ1) is 16.2. The second-order valence-electron chi connectivity index (χ2n) is 6.88. The summed E-state index contributed by atoms with van der Waals surface area (Å²) in [6.45, 7) is 2.54. The molecule has 0 radical (unpaired) electrons. The molecule has 0 atom stereocenters. The molecule has 0 aliphatic heterocycles. The van der Waals surface area contributed by atoms with E-state index in [1.165, 1.54) is 6.21 Å². The molecule has 0 amide bonds. The van der Waals surface area contributed by atoms with Crippen LogP contribution >= 0.6 is 15.9 Å². The number of nitro benzene ring substituents is 1. The molecule has 0 aromatic heterocycles. The molecule has 0 aliphatic carbocycles. The van der Waals surface area contributed by atoms with Gasteiger partial charge in [-0.1, -0.05) is 30.3 Å². The zero-order chi connectivity index (χ0) is 24.7. The molecular weight excluding hydrogens is 519 g/mol. The topological polar surface area (TPSA) is 86.0 Å². The summed E-state index contributed by atoms with van der Waals surface area (Å²) in [4.78, 5) is 10.3. The van der Waals surface area contributed by atoms with Gasteiger partial charge in [0.2, 0.25) is 0 Å². The van der Waals surface area contributed by atoms with E-state index in [0.717, 1.165) is 17.7 Å². The molecule has 3 aromatic rings. The predicted molar refractivity (Wildman–Crippen MR) is 125 cm³/mol. The number of benzene rings is 3.